The van der Waals surface area contributed by atoms with Crippen LogP contribution in [0.4, 0.5) is 0 Å². The van der Waals surface area contributed by atoms with Crippen LogP contribution in [0.3, 0.4) is 0 Å². The van der Waals surface area contributed by atoms with Gasteiger partial charge in [-0.25, -0.2) is 0 Å². The molecule has 0 aliphatic carbocycles. The highest BCUT2D eigenvalue weighted by molar-refractivity contribution is 7.27. The fraction of sp³-hybridized carbons (Fsp3) is 0.143. The smallest absolute Gasteiger partial charge is 0.118 e. The summed E-state index contributed by atoms with van der Waals surface area (Å²) in [4.78, 5) is 0. The molecule has 1 unspecified atom stereocenters. The molecule has 2 nitrogen and oxygen atoms in total. The van der Waals surface area contributed by atoms with Gasteiger partial charge in [-0.05, 0) is 17.4 Å². The van der Waals surface area contributed by atoms with Gasteiger partial charge >= 0.3 is 0 Å². The molecule has 1 aromatic carbocycles. The zero-order valence-corrected chi connectivity index (χ0v) is 7.16. The van der Waals surface area contributed by atoms with E-state index in [1.165, 1.54) is 5.30 Å². The highest BCUT2D eigenvalue weighted by Crippen LogP contribution is 2.06. The van der Waals surface area contributed by atoms with Gasteiger partial charge in [0.2, 0.25) is 0 Å². The third kappa shape index (κ3) is 2.34. The molecule has 0 radical (unpaired) electrons. The number of rotatable bonds is 1. The van der Waals surface area contributed by atoms with E-state index in [1.54, 1.807) is 7.11 Å². The Labute approximate surface area is 63.4 Å². The molecule has 3 heteroatoms. The van der Waals surface area contributed by atoms with Crippen LogP contribution in [-0.2, 0) is 0 Å². The molecular weight excluding hydrogens is 145 g/mol. The summed E-state index contributed by atoms with van der Waals surface area (Å²) < 4.78 is 4.96. The molecule has 0 fully saturated rings. The van der Waals surface area contributed by atoms with Crippen LogP contribution >= 0.6 is 9.24 Å². The molecule has 0 aliphatic rings. The molecule has 10 heavy (non-hydrogen) atoms. The van der Waals surface area contributed by atoms with Crippen molar-refractivity contribution in [3.63, 3.8) is 0 Å². The molecule has 1 aromatic rings. The zero-order valence-electron chi connectivity index (χ0n) is 6.00. The largest absolute Gasteiger partial charge is 0.497 e. The summed E-state index contributed by atoms with van der Waals surface area (Å²) in [6, 6.07) is 7.84. The van der Waals surface area contributed by atoms with Crippen LogP contribution in [-0.4, -0.2) is 7.11 Å². The van der Waals surface area contributed by atoms with E-state index in [-0.39, 0.29) is 6.15 Å². The van der Waals surface area contributed by atoms with Gasteiger partial charge in [0, 0.05) is 0 Å². The summed E-state index contributed by atoms with van der Waals surface area (Å²) in [6.45, 7) is 0. The van der Waals surface area contributed by atoms with Gasteiger partial charge in [0.05, 0.1) is 7.11 Å². The molecule has 0 aliphatic heterocycles. The number of hydrogen-bond donors (Lipinski definition) is 1. The summed E-state index contributed by atoms with van der Waals surface area (Å²) in [5.74, 6) is 0.904. The summed E-state index contributed by atoms with van der Waals surface area (Å²) in [5.41, 5.74) is 0. The normalized spacial score (nSPS) is 8.20. The quantitative estimate of drug-likeness (QED) is 0.625. The van der Waals surface area contributed by atoms with Gasteiger partial charge in [-0.3, -0.25) is 0 Å². The summed E-state index contributed by atoms with van der Waals surface area (Å²) in [5, 5.41) is 1.18. The zero-order chi connectivity index (χ0) is 6.69. The van der Waals surface area contributed by atoms with E-state index in [0.717, 1.165) is 5.75 Å². The van der Waals surface area contributed by atoms with Gasteiger partial charge < -0.3 is 10.9 Å². The third-order valence-corrected chi connectivity index (χ3v) is 1.50. The number of benzene rings is 1. The van der Waals surface area contributed by atoms with Crippen molar-refractivity contribution in [2.75, 3.05) is 7.11 Å². The van der Waals surface area contributed by atoms with E-state index in [1.807, 2.05) is 24.3 Å². The fourth-order valence-corrected chi connectivity index (χ4v) is 0.796. The van der Waals surface area contributed by atoms with Crippen LogP contribution < -0.4 is 16.2 Å². The first-order chi connectivity index (χ1) is 4.33. The predicted molar refractivity (Wildman–Crippen MR) is 47.4 cm³/mol. The van der Waals surface area contributed by atoms with Crippen LogP contribution in [0.15, 0.2) is 24.3 Å². The van der Waals surface area contributed by atoms with E-state index >= 15 is 0 Å². The first-order valence-corrected chi connectivity index (χ1v) is 3.30. The fourth-order valence-electron chi connectivity index (χ4n) is 0.604. The van der Waals surface area contributed by atoms with E-state index < -0.39 is 0 Å². The molecule has 56 valence electrons. The molecule has 0 aromatic heterocycles. The molecule has 1 atom stereocenters. The van der Waals surface area contributed by atoms with Gasteiger partial charge in [-0.1, -0.05) is 12.1 Å². The molecule has 0 heterocycles. The molecule has 0 saturated carbocycles. The number of methoxy groups -OCH3 is 1. The van der Waals surface area contributed by atoms with Crippen molar-refractivity contribution in [2.24, 2.45) is 0 Å². The molecule has 3 N–H and O–H groups in total. The van der Waals surface area contributed by atoms with Gasteiger partial charge in [0.25, 0.3) is 0 Å². The number of hydrogen-bond acceptors (Lipinski definition) is 2. The Hall–Kier alpha value is -0.590. The molecular formula is C7H12NOP. The lowest BCUT2D eigenvalue weighted by Gasteiger charge is -1.96. The topological polar surface area (TPSA) is 44.2 Å². The molecule has 0 bridgehead atoms. The highest BCUT2D eigenvalue weighted by atomic mass is 31.0. The van der Waals surface area contributed by atoms with Crippen molar-refractivity contribution < 1.29 is 4.74 Å². The van der Waals surface area contributed by atoms with Crippen molar-refractivity contribution in [1.29, 1.82) is 0 Å². The van der Waals surface area contributed by atoms with Crippen molar-refractivity contribution >= 4 is 14.5 Å². The minimum atomic E-state index is 0. The van der Waals surface area contributed by atoms with Crippen LogP contribution in [0.1, 0.15) is 0 Å². The Morgan fingerprint density at radius 1 is 1.20 bits per heavy atom. The summed E-state index contributed by atoms with van der Waals surface area (Å²) in [7, 11) is 4.28. The van der Waals surface area contributed by atoms with Crippen molar-refractivity contribution in [1.82, 2.24) is 6.15 Å². The predicted octanol–water partition coefficient (Wildman–Crippen LogP) is 1.36. The molecule has 0 amide bonds. The minimum absolute atomic E-state index is 0. The SMILES string of the molecule is COc1ccc(P)cc1.N. The average molecular weight is 157 g/mol. The molecule has 0 saturated heterocycles. The van der Waals surface area contributed by atoms with Crippen LogP contribution in [0.2, 0.25) is 0 Å². The van der Waals surface area contributed by atoms with Crippen LogP contribution in [0, 0.1) is 0 Å². The van der Waals surface area contributed by atoms with Gasteiger partial charge in [-0.15, -0.1) is 9.24 Å². The Morgan fingerprint density at radius 2 is 1.70 bits per heavy atom. The molecule has 1 rings (SSSR count). The summed E-state index contributed by atoms with van der Waals surface area (Å²) >= 11 is 0. The molecule has 0 spiro atoms. The second kappa shape index (κ2) is 4.26. The van der Waals surface area contributed by atoms with Gasteiger partial charge in [0.15, 0.2) is 0 Å². The van der Waals surface area contributed by atoms with Crippen molar-refractivity contribution in [3.05, 3.63) is 24.3 Å². The number of ether oxygens (including phenoxy) is 1. The minimum Gasteiger partial charge on any atom is -0.497 e. The van der Waals surface area contributed by atoms with Gasteiger partial charge in [0.1, 0.15) is 5.75 Å². The van der Waals surface area contributed by atoms with Crippen LogP contribution in [0.5, 0.6) is 5.75 Å². The third-order valence-electron chi connectivity index (χ3n) is 1.12. The van der Waals surface area contributed by atoms with Gasteiger partial charge in [-0.2, -0.15) is 0 Å². The lowest BCUT2D eigenvalue weighted by atomic mass is 10.3. The first-order valence-electron chi connectivity index (χ1n) is 2.72. The maximum Gasteiger partial charge on any atom is 0.118 e. The second-order valence-electron chi connectivity index (χ2n) is 1.77. The second-order valence-corrected chi connectivity index (χ2v) is 2.44. The Balaban J connectivity index is 0.000000810. The monoisotopic (exact) mass is 157 g/mol. The summed E-state index contributed by atoms with van der Waals surface area (Å²) in [6.07, 6.45) is 0. The van der Waals surface area contributed by atoms with E-state index in [9.17, 15) is 0 Å². The Bertz CT molecular complexity index is 185. The van der Waals surface area contributed by atoms with Crippen molar-refractivity contribution in [2.45, 2.75) is 0 Å². The average Bonchev–Trinajstić information content (AvgIpc) is 1.90. The van der Waals surface area contributed by atoms with Crippen molar-refractivity contribution in [3.8, 4) is 5.75 Å². The highest BCUT2D eigenvalue weighted by Gasteiger charge is 1.85. The Kier molecular flexibility index (Phi) is 4.01. The Morgan fingerprint density at radius 3 is 2.10 bits per heavy atom. The first kappa shape index (κ1) is 9.41. The van der Waals surface area contributed by atoms with E-state index in [2.05, 4.69) is 9.24 Å². The van der Waals surface area contributed by atoms with Crippen LogP contribution in [0.25, 0.3) is 0 Å². The maximum absolute atomic E-state index is 4.96. The lowest BCUT2D eigenvalue weighted by molar-refractivity contribution is 0.415. The maximum atomic E-state index is 4.96. The standard InChI is InChI=1S/C7H9OP.H3N/c1-8-6-2-4-7(9)5-3-6;/h2-5H,9H2,1H3;1H3. The van der Waals surface area contributed by atoms with E-state index in [0.29, 0.717) is 0 Å². The lowest BCUT2D eigenvalue weighted by Crippen LogP contribution is -1.88. The van der Waals surface area contributed by atoms with E-state index in [4.69, 9.17) is 4.74 Å².